The van der Waals surface area contributed by atoms with Crippen molar-refractivity contribution in [2.24, 2.45) is 7.05 Å². The van der Waals surface area contributed by atoms with E-state index in [1.165, 1.54) is 29.3 Å². The Bertz CT molecular complexity index is 1120. The Balaban J connectivity index is 1.85. The van der Waals surface area contributed by atoms with Crippen LogP contribution in [0.5, 0.6) is 0 Å². The third-order valence-corrected chi connectivity index (χ3v) is 5.21. The molecule has 7 heteroatoms. The fraction of sp³-hybridized carbons (Fsp3) is 0.350. The lowest BCUT2D eigenvalue weighted by Crippen LogP contribution is -2.30. The Labute approximate surface area is 154 Å². The highest BCUT2D eigenvalue weighted by molar-refractivity contribution is 5.96. The molecule has 1 saturated carbocycles. The highest BCUT2D eigenvalue weighted by Crippen LogP contribution is 2.27. The Morgan fingerprint density at radius 3 is 2.70 bits per heavy atom. The summed E-state index contributed by atoms with van der Waals surface area (Å²) in [6, 6.07) is 4.72. The minimum absolute atomic E-state index is 0.124. The molecule has 0 bridgehead atoms. The molecule has 0 unspecified atom stereocenters. The molecule has 0 aliphatic heterocycles. The van der Waals surface area contributed by atoms with E-state index < -0.39 is 22.8 Å². The molecular formula is C20H19FN3O3-. The molecule has 2 heterocycles. The largest absolute Gasteiger partial charge is 0.545 e. The molecule has 6 nitrogen and oxygen atoms in total. The van der Waals surface area contributed by atoms with E-state index in [0.29, 0.717) is 22.2 Å². The minimum atomic E-state index is -1.55. The lowest BCUT2D eigenvalue weighted by molar-refractivity contribution is -0.255. The van der Waals surface area contributed by atoms with Gasteiger partial charge in [-0.05, 0) is 31.0 Å². The number of nitrogens with zero attached hydrogens (tertiary/aromatic N) is 2. The molecule has 0 amide bonds. The number of anilines is 1. The Hall–Kier alpha value is -2.96. The van der Waals surface area contributed by atoms with Crippen molar-refractivity contribution < 1.29 is 14.3 Å². The first kappa shape index (κ1) is 17.5. The fourth-order valence-corrected chi connectivity index (χ4v) is 3.80. The number of hydrogen-bond donors (Lipinski definition) is 1. The van der Waals surface area contributed by atoms with Gasteiger partial charge in [-0.15, -0.1) is 0 Å². The number of rotatable bonds is 3. The number of benzene rings is 1. The van der Waals surface area contributed by atoms with Gasteiger partial charge in [0.05, 0.1) is 28.1 Å². The smallest absolute Gasteiger partial charge is 0.200 e. The average molecular weight is 368 g/mol. The second-order valence-corrected chi connectivity index (χ2v) is 7.13. The first-order valence-corrected chi connectivity index (χ1v) is 9.05. The number of carbonyl (C=O) groups is 1. The molecule has 2 aromatic heterocycles. The summed E-state index contributed by atoms with van der Waals surface area (Å²) in [5, 5.41) is 15.0. The number of nitrogens with one attached hydrogen (secondary N) is 1. The van der Waals surface area contributed by atoms with E-state index in [4.69, 9.17) is 0 Å². The number of fused-ring (bicyclic) bond motifs is 2. The second kappa shape index (κ2) is 6.64. The Morgan fingerprint density at radius 2 is 2.00 bits per heavy atom. The van der Waals surface area contributed by atoms with Crippen molar-refractivity contribution in [1.29, 1.82) is 0 Å². The quantitative estimate of drug-likeness (QED) is 0.717. The number of halogens is 1. The third kappa shape index (κ3) is 3.13. The summed E-state index contributed by atoms with van der Waals surface area (Å²) < 4.78 is 16.1. The first-order valence-electron chi connectivity index (χ1n) is 9.05. The molecule has 1 aliphatic rings. The van der Waals surface area contributed by atoms with Crippen LogP contribution < -0.4 is 15.9 Å². The standard InChI is InChI=1S/C20H20FN3O3/c1-24-10-14(20(26)27)18(25)13-7-11-8-15(21)17(9-16(11)23-19(13)24)22-12-5-3-2-4-6-12/h7-10,12,22H,2-6H2,1H3,(H,26,27)/p-1. The molecule has 3 aromatic rings. The van der Waals surface area contributed by atoms with Gasteiger partial charge >= 0.3 is 0 Å². The van der Waals surface area contributed by atoms with Crippen LogP contribution in [0.1, 0.15) is 42.5 Å². The van der Waals surface area contributed by atoms with Gasteiger partial charge in [0.15, 0.2) is 5.43 Å². The van der Waals surface area contributed by atoms with Crippen LogP contribution in [0.3, 0.4) is 0 Å². The van der Waals surface area contributed by atoms with Gasteiger partial charge in [-0.25, -0.2) is 9.37 Å². The maximum absolute atomic E-state index is 14.6. The Kier molecular flexibility index (Phi) is 4.30. The summed E-state index contributed by atoms with van der Waals surface area (Å²) >= 11 is 0. The van der Waals surface area contributed by atoms with Gasteiger partial charge < -0.3 is 19.8 Å². The van der Waals surface area contributed by atoms with Crippen molar-refractivity contribution in [3.05, 3.63) is 46.0 Å². The highest BCUT2D eigenvalue weighted by Gasteiger charge is 2.17. The zero-order chi connectivity index (χ0) is 19.1. The monoisotopic (exact) mass is 368 g/mol. The van der Waals surface area contributed by atoms with Crippen molar-refractivity contribution in [1.82, 2.24) is 9.55 Å². The lowest BCUT2D eigenvalue weighted by atomic mass is 9.95. The van der Waals surface area contributed by atoms with Gasteiger partial charge in [-0.2, -0.15) is 0 Å². The summed E-state index contributed by atoms with van der Waals surface area (Å²) in [5.41, 5.74) is 0.160. The van der Waals surface area contributed by atoms with Gasteiger partial charge in [0.2, 0.25) is 0 Å². The minimum Gasteiger partial charge on any atom is -0.545 e. The summed E-state index contributed by atoms with van der Waals surface area (Å²) in [4.78, 5) is 28.0. The molecule has 0 atom stereocenters. The molecule has 4 rings (SSSR count). The molecule has 140 valence electrons. The van der Waals surface area contributed by atoms with Crippen LogP contribution in [0.4, 0.5) is 10.1 Å². The van der Waals surface area contributed by atoms with E-state index in [9.17, 15) is 19.1 Å². The van der Waals surface area contributed by atoms with Gasteiger partial charge in [0.25, 0.3) is 0 Å². The van der Waals surface area contributed by atoms with E-state index in [1.807, 2.05) is 0 Å². The molecular weight excluding hydrogens is 349 g/mol. The molecule has 0 spiro atoms. The van der Waals surface area contributed by atoms with E-state index in [2.05, 4.69) is 10.3 Å². The number of aryl methyl sites for hydroxylation is 1. The predicted octanol–water partition coefficient (Wildman–Crippen LogP) is 2.33. The van der Waals surface area contributed by atoms with Crippen molar-refractivity contribution in [3.63, 3.8) is 0 Å². The van der Waals surface area contributed by atoms with Crippen molar-refractivity contribution in [2.45, 2.75) is 38.1 Å². The zero-order valence-corrected chi connectivity index (χ0v) is 14.9. The number of carboxylic acids is 1. The molecule has 0 radical (unpaired) electrons. The first-order chi connectivity index (χ1) is 12.9. The summed E-state index contributed by atoms with van der Waals surface area (Å²) in [6.07, 6.45) is 6.72. The average Bonchev–Trinajstić information content (AvgIpc) is 2.65. The van der Waals surface area contributed by atoms with E-state index >= 15 is 0 Å². The summed E-state index contributed by atoms with van der Waals surface area (Å²) in [6.45, 7) is 0. The molecule has 1 aliphatic carbocycles. The molecule has 1 aromatic carbocycles. The normalized spacial score (nSPS) is 15.3. The van der Waals surface area contributed by atoms with Gasteiger partial charge in [-0.3, -0.25) is 4.79 Å². The number of carbonyl (C=O) groups excluding carboxylic acids is 1. The fourth-order valence-electron chi connectivity index (χ4n) is 3.80. The number of aromatic carboxylic acids is 1. The van der Waals surface area contributed by atoms with E-state index in [0.717, 1.165) is 25.7 Å². The van der Waals surface area contributed by atoms with Gasteiger partial charge in [0, 0.05) is 24.7 Å². The van der Waals surface area contributed by atoms with Crippen molar-refractivity contribution in [3.8, 4) is 0 Å². The maximum Gasteiger partial charge on any atom is 0.200 e. The van der Waals surface area contributed by atoms with Crippen LogP contribution in [0.25, 0.3) is 21.9 Å². The molecule has 1 fully saturated rings. The number of carboxylic acid groups (broad SMARTS) is 1. The Morgan fingerprint density at radius 1 is 1.26 bits per heavy atom. The second-order valence-electron chi connectivity index (χ2n) is 7.13. The van der Waals surface area contributed by atoms with Crippen LogP contribution in [-0.4, -0.2) is 21.6 Å². The van der Waals surface area contributed by atoms with Gasteiger partial charge in [0.1, 0.15) is 11.5 Å². The topological polar surface area (TPSA) is 87.0 Å². The van der Waals surface area contributed by atoms with Crippen LogP contribution in [-0.2, 0) is 7.05 Å². The summed E-state index contributed by atoms with van der Waals surface area (Å²) in [7, 11) is 1.61. The van der Waals surface area contributed by atoms with Crippen molar-refractivity contribution in [2.75, 3.05) is 5.32 Å². The lowest BCUT2D eigenvalue weighted by Gasteiger charge is -2.24. The molecule has 0 saturated heterocycles. The number of pyridine rings is 2. The maximum atomic E-state index is 14.6. The van der Waals surface area contributed by atoms with Crippen LogP contribution >= 0.6 is 0 Å². The number of aromatic nitrogens is 2. The van der Waals surface area contributed by atoms with Crippen LogP contribution in [0, 0.1) is 5.82 Å². The van der Waals surface area contributed by atoms with Crippen LogP contribution in [0.15, 0.2) is 29.2 Å². The summed E-state index contributed by atoms with van der Waals surface area (Å²) in [5.74, 6) is -1.96. The third-order valence-electron chi connectivity index (χ3n) is 5.21. The SMILES string of the molecule is Cn1cc(C(=O)[O-])c(=O)c2cc3cc(F)c(NC4CCCCC4)cc3nc21. The molecule has 27 heavy (non-hydrogen) atoms. The highest BCUT2D eigenvalue weighted by atomic mass is 19.1. The van der Waals surface area contributed by atoms with Gasteiger partial charge in [-0.1, -0.05) is 19.3 Å². The van der Waals surface area contributed by atoms with E-state index in [1.54, 1.807) is 13.1 Å². The number of hydrogen-bond acceptors (Lipinski definition) is 5. The predicted molar refractivity (Wildman–Crippen MR) is 99.3 cm³/mol. The van der Waals surface area contributed by atoms with Crippen molar-refractivity contribution >= 4 is 33.6 Å². The zero-order valence-electron chi connectivity index (χ0n) is 14.9. The van der Waals surface area contributed by atoms with Crippen LogP contribution in [0.2, 0.25) is 0 Å². The van der Waals surface area contributed by atoms with E-state index in [-0.39, 0.29) is 11.4 Å². The molecule has 1 N–H and O–H groups in total.